The van der Waals surface area contributed by atoms with Crippen LogP contribution in [0.3, 0.4) is 0 Å². The average molecular weight is 393 g/mol. The number of anilines is 1. The second-order valence-corrected chi connectivity index (χ2v) is 8.32. The smallest absolute Gasteiger partial charge is 0.175 e. The Bertz CT molecular complexity index is 926. The van der Waals surface area contributed by atoms with Crippen LogP contribution in [0.25, 0.3) is 0 Å². The van der Waals surface area contributed by atoms with Gasteiger partial charge in [-0.25, -0.2) is 4.68 Å². The van der Waals surface area contributed by atoms with Crippen LogP contribution in [0.4, 0.5) is 5.69 Å². The molecule has 3 heterocycles. The SMILES string of the molecule is CC(C)(C)n1nnnc1C(c1ccccn1)N1CCN(c2ccc(O)cc2)CC1. The third-order valence-corrected chi connectivity index (χ3v) is 5.24. The van der Waals surface area contributed by atoms with E-state index in [0.717, 1.165) is 43.4 Å². The van der Waals surface area contributed by atoms with Crippen LogP contribution in [-0.4, -0.2) is 61.4 Å². The highest BCUT2D eigenvalue weighted by atomic mass is 16.3. The summed E-state index contributed by atoms with van der Waals surface area (Å²) in [6, 6.07) is 13.3. The van der Waals surface area contributed by atoms with Crippen molar-refractivity contribution in [2.75, 3.05) is 31.1 Å². The normalized spacial score (nSPS) is 16.7. The quantitative estimate of drug-likeness (QED) is 0.729. The van der Waals surface area contributed by atoms with Gasteiger partial charge in [-0.05, 0) is 67.6 Å². The lowest BCUT2D eigenvalue weighted by molar-refractivity contribution is 0.188. The second kappa shape index (κ2) is 7.79. The van der Waals surface area contributed by atoms with Crippen molar-refractivity contribution in [1.29, 1.82) is 0 Å². The summed E-state index contributed by atoms with van der Waals surface area (Å²) in [6.07, 6.45) is 1.82. The van der Waals surface area contributed by atoms with Gasteiger partial charge in [0.05, 0.1) is 11.2 Å². The van der Waals surface area contributed by atoms with E-state index in [0.29, 0.717) is 0 Å². The molecule has 0 spiro atoms. The summed E-state index contributed by atoms with van der Waals surface area (Å²) in [5.74, 6) is 1.10. The maximum absolute atomic E-state index is 9.54. The standard InChI is InChI=1S/C21H27N7O/c1-21(2,3)28-20(23-24-25-28)19(18-6-4-5-11-22-18)27-14-12-26(13-15-27)16-7-9-17(29)10-8-16/h4-11,19,29H,12-15H2,1-3H3. The van der Waals surface area contributed by atoms with E-state index in [4.69, 9.17) is 0 Å². The van der Waals surface area contributed by atoms with E-state index in [-0.39, 0.29) is 17.3 Å². The number of phenolic OH excluding ortho intramolecular Hbond substituents is 1. The van der Waals surface area contributed by atoms with E-state index in [1.54, 1.807) is 12.1 Å². The molecule has 0 radical (unpaired) electrons. The lowest BCUT2D eigenvalue weighted by Crippen LogP contribution is -2.49. The first kappa shape index (κ1) is 19.3. The van der Waals surface area contributed by atoms with Crippen molar-refractivity contribution < 1.29 is 5.11 Å². The molecular weight excluding hydrogens is 366 g/mol. The lowest BCUT2D eigenvalue weighted by atomic mass is 10.1. The topological polar surface area (TPSA) is 83.2 Å². The van der Waals surface area contributed by atoms with Crippen molar-refractivity contribution in [3.8, 4) is 5.75 Å². The van der Waals surface area contributed by atoms with Gasteiger partial charge in [0, 0.05) is 38.1 Å². The van der Waals surface area contributed by atoms with Crippen LogP contribution < -0.4 is 4.90 Å². The summed E-state index contributed by atoms with van der Waals surface area (Å²) in [5, 5.41) is 22.2. The Balaban J connectivity index is 1.60. The van der Waals surface area contributed by atoms with Crippen LogP contribution in [0.15, 0.2) is 48.7 Å². The Morgan fingerprint density at radius 2 is 1.69 bits per heavy atom. The first-order chi connectivity index (χ1) is 13.9. The van der Waals surface area contributed by atoms with Gasteiger partial charge in [0.25, 0.3) is 0 Å². The average Bonchev–Trinajstić information content (AvgIpc) is 3.20. The number of hydrogen-bond acceptors (Lipinski definition) is 7. The summed E-state index contributed by atoms with van der Waals surface area (Å²) < 4.78 is 1.90. The Hall–Kier alpha value is -3.00. The molecule has 1 aromatic carbocycles. The van der Waals surface area contributed by atoms with Gasteiger partial charge in [0.1, 0.15) is 11.8 Å². The summed E-state index contributed by atoms with van der Waals surface area (Å²) in [4.78, 5) is 9.36. The van der Waals surface area contributed by atoms with Gasteiger partial charge in [-0.3, -0.25) is 9.88 Å². The Labute approximate surface area is 170 Å². The fourth-order valence-electron chi connectivity index (χ4n) is 3.76. The summed E-state index contributed by atoms with van der Waals surface area (Å²) in [6.45, 7) is 9.79. The number of nitrogens with zero attached hydrogens (tertiary/aromatic N) is 7. The minimum Gasteiger partial charge on any atom is -0.508 e. The highest BCUT2D eigenvalue weighted by molar-refractivity contribution is 5.49. The van der Waals surface area contributed by atoms with Gasteiger partial charge in [0.2, 0.25) is 0 Å². The van der Waals surface area contributed by atoms with E-state index in [1.807, 2.05) is 41.2 Å². The molecule has 0 saturated carbocycles. The van der Waals surface area contributed by atoms with E-state index in [2.05, 4.69) is 51.1 Å². The van der Waals surface area contributed by atoms with Crippen LogP contribution in [0.5, 0.6) is 5.75 Å². The summed E-state index contributed by atoms with van der Waals surface area (Å²) in [7, 11) is 0. The van der Waals surface area contributed by atoms with Gasteiger partial charge in [0.15, 0.2) is 5.82 Å². The number of tetrazole rings is 1. The monoisotopic (exact) mass is 393 g/mol. The number of pyridine rings is 1. The number of phenols is 1. The van der Waals surface area contributed by atoms with E-state index in [9.17, 15) is 5.11 Å². The molecule has 29 heavy (non-hydrogen) atoms. The van der Waals surface area contributed by atoms with Crippen molar-refractivity contribution in [3.63, 3.8) is 0 Å². The molecule has 0 aliphatic carbocycles. The zero-order chi connectivity index (χ0) is 20.4. The first-order valence-corrected chi connectivity index (χ1v) is 9.91. The number of hydrogen-bond donors (Lipinski definition) is 1. The Morgan fingerprint density at radius 1 is 0.966 bits per heavy atom. The molecule has 2 aromatic heterocycles. The van der Waals surface area contributed by atoms with Crippen LogP contribution in [0.2, 0.25) is 0 Å². The van der Waals surface area contributed by atoms with Crippen molar-refractivity contribution in [2.45, 2.75) is 32.4 Å². The third kappa shape index (κ3) is 4.07. The molecule has 1 fully saturated rings. The molecule has 3 aromatic rings. The maximum Gasteiger partial charge on any atom is 0.175 e. The number of aromatic nitrogens is 5. The minimum absolute atomic E-state index is 0.104. The van der Waals surface area contributed by atoms with Crippen LogP contribution in [-0.2, 0) is 5.54 Å². The third-order valence-electron chi connectivity index (χ3n) is 5.24. The molecule has 1 saturated heterocycles. The largest absolute Gasteiger partial charge is 0.508 e. The molecule has 0 bridgehead atoms. The van der Waals surface area contributed by atoms with Gasteiger partial charge < -0.3 is 10.0 Å². The van der Waals surface area contributed by atoms with E-state index >= 15 is 0 Å². The van der Waals surface area contributed by atoms with Crippen LogP contribution >= 0.6 is 0 Å². The summed E-state index contributed by atoms with van der Waals surface area (Å²) >= 11 is 0. The molecule has 8 heteroatoms. The number of piperazine rings is 1. The van der Waals surface area contributed by atoms with Gasteiger partial charge in [-0.2, -0.15) is 0 Å². The van der Waals surface area contributed by atoms with Gasteiger partial charge in [-0.15, -0.1) is 5.10 Å². The number of rotatable bonds is 4. The van der Waals surface area contributed by atoms with E-state index < -0.39 is 0 Å². The predicted octanol–water partition coefficient (Wildman–Crippen LogP) is 2.44. The minimum atomic E-state index is -0.222. The van der Waals surface area contributed by atoms with E-state index in [1.165, 1.54) is 0 Å². The maximum atomic E-state index is 9.54. The molecular formula is C21H27N7O. The van der Waals surface area contributed by atoms with Crippen molar-refractivity contribution in [2.24, 2.45) is 0 Å². The van der Waals surface area contributed by atoms with Crippen molar-refractivity contribution in [3.05, 3.63) is 60.2 Å². The molecule has 152 valence electrons. The summed E-state index contributed by atoms with van der Waals surface area (Å²) in [5.41, 5.74) is 1.85. The molecule has 1 aliphatic rings. The van der Waals surface area contributed by atoms with Gasteiger partial charge in [-0.1, -0.05) is 6.07 Å². The highest BCUT2D eigenvalue weighted by Gasteiger charge is 2.33. The molecule has 1 atom stereocenters. The predicted molar refractivity (Wildman–Crippen MR) is 111 cm³/mol. The molecule has 1 unspecified atom stereocenters. The molecule has 8 nitrogen and oxygen atoms in total. The molecule has 1 N–H and O–H groups in total. The Kier molecular flexibility index (Phi) is 5.19. The van der Waals surface area contributed by atoms with Crippen molar-refractivity contribution in [1.82, 2.24) is 30.1 Å². The lowest BCUT2D eigenvalue weighted by Gasteiger charge is -2.40. The zero-order valence-corrected chi connectivity index (χ0v) is 17.1. The van der Waals surface area contributed by atoms with Crippen LogP contribution in [0.1, 0.15) is 38.3 Å². The fraction of sp³-hybridized carbons (Fsp3) is 0.429. The van der Waals surface area contributed by atoms with Crippen molar-refractivity contribution >= 4 is 5.69 Å². The van der Waals surface area contributed by atoms with Crippen LogP contribution in [0, 0.1) is 0 Å². The Morgan fingerprint density at radius 3 is 2.31 bits per heavy atom. The first-order valence-electron chi connectivity index (χ1n) is 9.91. The zero-order valence-electron chi connectivity index (χ0n) is 17.1. The number of aromatic hydroxyl groups is 1. The van der Waals surface area contributed by atoms with Gasteiger partial charge >= 0.3 is 0 Å². The molecule has 0 amide bonds. The second-order valence-electron chi connectivity index (χ2n) is 8.32. The molecule has 4 rings (SSSR count). The molecule has 1 aliphatic heterocycles. The fourth-order valence-corrected chi connectivity index (χ4v) is 3.76. The number of benzene rings is 1. The highest BCUT2D eigenvalue weighted by Crippen LogP contribution is 2.30.